The van der Waals surface area contributed by atoms with Crippen LogP contribution < -0.4 is 5.32 Å². The molecule has 126 valence electrons. The molecule has 8 heteroatoms. The average molecular weight is 346 g/mol. The molecule has 1 saturated heterocycles. The molecule has 4 nitrogen and oxygen atoms in total. The van der Waals surface area contributed by atoms with Gasteiger partial charge in [0.2, 0.25) is 11.8 Å². The Kier molecular flexibility index (Phi) is 5.23. The van der Waals surface area contributed by atoms with Crippen molar-refractivity contribution in [1.29, 1.82) is 0 Å². The topological polar surface area (TPSA) is 49.4 Å². The van der Waals surface area contributed by atoms with Crippen LogP contribution in [0.4, 0.5) is 13.2 Å². The van der Waals surface area contributed by atoms with Gasteiger partial charge in [-0.25, -0.2) is 0 Å². The summed E-state index contributed by atoms with van der Waals surface area (Å²) in [6, 6.07) is 3.70. The van der Waals surface area contributed by atoms with Crippen LogP contribution >= 0.6 is 11.8 Å². The first kappa shape index (κ1) is 17.7. The summed E-state index contributed by atoms with van der Waals surface area (Å²) < 4.78 is 37.6. The Bertz CT molecular complexity index is 589. The van der Waals surface area contributed by atoms with E-state index in [2.05, 4.69) is 5.32 Å². The molecule has 1 aromatic carbocycles. The quantitative estimate of drug-likeness (QED) is 0.916. The van der Waals surface area contributed by atoms with Crippen molar-refractivity contribution >= 4 is 23.6 Å². The van der Waals surface area contributed by atoms with Crippen LogP contribution in [-0.4, -0.2) is 34.4 Å². The van der Waals surface area contributed by atoms with E-state index < -0.39 is 23.8 Å². The maximum Gasteiger partial charge on any atom is 0.416 e. The zero-order valence-corrected chi connectivity index (χ0v) is 13.5. The van der Waals surface area contributed by atoms with Gasteiger partial charge in [0.1, 0.15) is 6.04 Å². The Hall–Kier alpha value is -1.70. The van der Waals surface area contributed by atoms with Crippen molar-refractivity contribution in [3.63, 3.8) is 0 Å². The van der Waals surface area contributed by atoms with Crippen molar-refractivity contribution in [3.8, 4) is 0 Å². The number of carbonyl (C=O) groups is 2. The fraction of sp³-hybridized carbons (Fsp3) is 0.467. The van der Waals surface area contributed by atoms with Crippen LogP contribution in [0.25, 0.3) is 0 Å². The maximum atomic E-state index is 12.5. The number of thioether (sulfide) groups is 1. The third-order valence-corrected chi connectivity index (χ3v) is 4.70. The van der Waals surface area contributed by atoms with Crippen molar-refractivity contribution in [2.45, 2.75) is 32.1 Å². The summed E-state index contributed by atoms with van der Waals surface area (Å²) in [6.45, 7) is 3.10. The number of amides is 2. The molecule has 1 aromatic rings. The van der Waals surface area contributed by atoms with Crippen LogP contribution in [0.2, 0.25) is 0 Å². The Morgan fingerprint density at radius 2 is 1.91 bits per heavy atom. The number of benzene rings is 1. The Labute approximate surface area is 136 Å². The molecule has 1 heterocycles. The predicted molar refractivity (Wildman–Crippen MR) is 81.6 cm³/mol. The van der Waals surface area contributed by atoms with Crippen molar-refractivity contribution in [2.75, 3.05) is 11.6 Å². The van der Waals surface area contributed by atoms with Crippen LogP contribution in [0.5, 0.6) is 0 Å². The van der Waals surface area contributed by atoms with E-state index in [0.29, 0.717) is 17.2 Å². The summed E-state index contributed by atoms with van der Waals surface area (Å²) in [5.74, 6) is 0.530. The second kappa shape index (κ2) is 6.82. The van der Waals surface area contributed by atoms with E-state index in [1.165, 1.54) is 35.7 Å². The summed E-state index contributed by atoms with van der Waals surface area (Å²) in [5.41, 5.74) is -0.152. The van der Waals surface area contributed by atoms with E-state index in [0.717, 1.165) is 12.1 Å². The highest BCUT2D eigenvalue weighted by Crippen LogP contribution is 2.30. The molecule has 0 spiro atoms. The van der Waals surface area contributed by atoms with Gasteiger partial charge in [-0.2, -0.15) is 13.2 Å². The average Bonchev–Trinajstić information content (AvgIpc) is 2.96. The highest BCUT2D eigenvalue weighted by atomic mass is 32.2. The van der Waals surface area contributed by atoms with Crippen molar-refractivity contribution in [2.24, 2.45) is 0 Å². The molecule has 0 bridgehead atoms. The van der Waals surface area contributed by atoms with Gasteiger partial charge in [0, 0.05) is 12.7 Å². The van der Waals surface area contributed by atoms with Gasteiger partial charge in [0.05, 0.1) is 17.5 Å². The number of carbonyl (C=O) groups excluding carboxylic acids is 2. The number of alkyl halides is 3. The largest absolute Gasteiger partial charge is 0.416 e. The van der Waals surface area contributed by atoms with Gasteiger partial charge in [-0.1, -0.05) is 12.1 Å². The van der Waals surface area contributed by atoms with E-state index in [1.54, 1.807) is 6.92 Å². The van der Waals surface area contributed by atoms with Crippen LogP contribution in [0, 0.1) is 0 Å². The zero-order valence-electron chi connectivity index (χ0n) is 12.7. The molecular weight excluding hydrogens is 329 g/mol. The summed E-state index contributed by atoms with van der Waals surface area (Å²) in [7, 11) is 0. The third-order valence-electron chi connectivity index (χ3n) is 3.69. The van der Waals surface area contributed by atoms with Gasteiger partial charge >= 0.3 is 6.18 Å². The Balaban J connectivity index is 2.02. The molecule has 0 aliphatic carbocycles. The summed E-state index contributed by atoms with van der Waals surface area (Å²) in [5, 5.41) is 2.75. The number of rotatable bonds is 3. The molecule has 1 aliphatic heterocycles. The lowest BCUT2D eigenvalue weighted by molar-refractivity contribution is -0.137. The third kappa shape index (κ3) is 4.19. The minimum absolute atomic E-state index is 0.169. The molecule has 1 fully saturated rings. The summed E-state index contributed by atoms with van der Waals surface area (Å²) >= 11 is 1.49. The van der Waals surface area contributed by atoms with E-state index in [4.69, 9.17) is 0 Å². The highest BCUT2D eigenvalue weighted by molar-refractivity contribution is 7.99. The number of halogens is 3. The fourth-order valence-electron chi connectivity index (χ4n) is 2.32. The number of hydrogen-bond donors (Lipinski definition) is 1. The molecule has 0 radical (unpaired) electrons. The Morgan fingerprint density at radius 1 is 1.30 bits per heavy atom. The lowest BCUT2D eigenvalue weighted by atomic mass is 10.1. The molecule has 23 heavy (non-hydrogen) atoms. The predicted octanol–water partition coefficient (Wildman–Crippen LogP) is 2.80. The van der Waals surface area contributed by atoms with Gasteiger partial charge < -0.3 is 10.2 Å². The van der Waals surface area contributed by atoms with E-state index in [9.17, 15) is 22.8 Å². The molecule has 2 atom stereocenters. The van der Waals surface area contributed by atoms with Crippen LogP contribution in [0.3, 0.4) is 0 Å². The lowest BCUT2D eigenvalue weighted by Gasteiger charge is -2.24. The Morgan fingerprint density at radius 3 is 2.43 bits per heavy atom. The molecule has 2 amide bonds. The van der Waals surface area contributed by atoms with Gasteiger partial charge in [-0.15, -0.1) is 11.8 Å². The molecule has 1 aliphatic rings. The monoisotopic (exact) mass is 346 g/mol. The number of hydrogen-bond acceptors (Lipinski definition) is 3. The van der Waals surface area contributed by atoms with Gasteiger partial charge in [-0.3, -0.25) is 9.59 Å². The summed E-state index contributed by atoms with van der Waals surface area (Å²) in [4.78, 5) is 25.2. The number of nitrogens with one attached hydrogen (secondary N) is 1. The standard InChI is InChI=1S/C15H17F3N2O2S/c1-9(11-3-5-12(6-4-11)15(16,17)18)19-14(22)13-7-23-8-20(13)10(2)21/h3-6,9,13H,7-8H2,1-2H3,(H,19,22)/t9-,13-/m1/s1. The minimum Gasteiger partial charge on any atom is -0.348 e. The normalized spacial score (nSPS) is 19.5. The van der Waals surface area contributed by atoms with Gasteiger partial charge in [0.15, 0.2) is 0 Å². The maximum absolute atomic E-state index is 12.5. The van der Waals surface area contributed by atoms with Crippen LogP contribution in [0.15, 0.2) is 24.3 Å². The second-order valence-electron chi connectivity index (χ2n) is 5.35. The molecule has 0 unspecified atom stereocenters. The molecule has 0 saturated carbocycles. The summed E-state index contributed by atoms with van der Waals surface area (Å²) in [6.07, 6.45) is -4.38. The van der Waals surface area contributed by atoms with Crippen molar-refractivity contribution in [1.82, 2.24) is 10.2 Å². The first-order valence-corrected chi connectivity index (χ1v) is 8.18. The van der Waals surface area contributed by atoms with Gasteiger partial charge in [0.25, 0.3) is 0 Å². The zero-order chi connectivity index (χ0) is 17.2. The van der Waals surface area contributed by atoms with E-state index in [-0.39, 0.29) is 11.8 Å². The fourth-order valence-corrected chi connectivity index (χ4v) is 3.54. The smallest absolute Gasteiger partial charge is 0.348 e. The lowest BCUT2D eigenvalue weighted by Crippen LogP contribution is -2.47. The minimum atomic E-state index is -4.38. The van der Waals surface area contributed by atoms with E-state index >= 15 is 0 Å². The first-order valence-electron chi connectivity index (χ1n) is 7.02. The molecule has 1 N–H and O–H groups in total. The van der Waals surface area contributed by atoms with Crippen LogP contribution in [0.1, 0.15) is 31.0 Å². The molecular formula is C15H17F3N2O2S. The first-order chi connectivity index (χ1) is 10.7. The SMILES string of the molecule is CC(=O)N1CSC[C@@H]1C(=O)N[C@H](C)c1ccc(C(F)(F)F)cc1. The molecule has 0 aromatic heterocycles. The molecule has 2 rings (SSSR count). The van der Waals surface area contributed by atoms with Crippen LogP contribution in [-0.2, 0) is 15.8 Å². The van der Waals surface area contributed by atoms with Gasteiger partial charge in [-0.05, 0) is 24.6 Å². The highest BCUT2D eigenvalue weighted by Gasteiger charge is 2.34. The number of nitrogens with zero attached hydrogens (tertiary/aromatic N) is 1. The van der Waals surface area contributed by atoms with Crippen molar-refractivity contribution in [3.05, 3.63) is 35.4 Å². The second-order valence-corrected chi connectivity index (χ2v) is 6.35. The van der Waals surface area contributed by atoms with Crippen molar-refractivity contribution < 1.29 is 22.8 Å². The van der Waals surface area contributed by atoms with E-state index in [1.807, 2.05) is 0 Å².